The lowest BCUT2D eigenvalue weighted by atomic mass is 10.2. The monoisotopic (exact) mass is 249 g/mol. The molecule has 0 atom stereocenters. The van der Waals surface area contributed by atoms with Gasteiger partial charge < -0.3 is 16.5 Å². The third kappa shape index (κ3) is 5.65. The van der Waals surface area contributed by atoms with Crippen LogP contribution in [0.3, 0.4) is 0 Å². The summed E-state index contributed by atoms with van der Waals surface area (Å²) in [7, 11) is 0. The predicted molar refractivity (Wildman–Crippen MR) is 74.8 cm³/mol. The van der Waals surface area contributed by atoms with Crippen LogP contribution in [0.5, 0.6) is 0 Å². The third-order valence-electron chi connectivity index (χ3n) is 2.67. The zero-order valence-corrected chi connectivity index (χ0v) is 10.8. The van der Waals surface area contributed by atoms with Crippen LogP contribution in [0.25, 0.3) is 5.70 Å². The Morgan fingerprint density at radius 1 is 1.28 bits per heavy atom. The minimum absolute atomic E-state index is 0.632. The number of hydrazine groups is 1. The van der Waals surface area contributed by atoms with Crippen molar-refractivity contribution in [2.75, 3.05) is 13.1 Å². The van der Waals surface area contributed by atoms with Crippen LogP contribution in [-0.2, 0) is 0 Å². The van der Waals surface area contributed by atoms with E-state index >= 15 is 0 Å². The smallest absolute Gasteiger partial charge is 0.0579 e. The van der Waals surface area contributed by atoms with Crippen LogP contribution < -0.4 is 17.3 Å². The molecule has 5 nitrogen and oxygen atoms in total. The summed E-state index contributed by atoms with van der Waals surface area (Å²) in [5.74, 6) is 5.86. The van der Waals surface area contributed by atoms with E-state index in [2.05, 4.69) is 4.98 Å². The quantitative estimate of drug-likeness (QED) is 0.363. The Balaban J connectivity index is 2.32. The Labute approximate surface area is 109 Å². The van der Waals surface area contributed by atoms with Gasteiger partial charge in [-0.25, -0.2) is 5.84 Å². The normalized spacial score (nSPS) is 11.6. The van der Waals surface area contributed by atoms with Crippen molar-refractivity contribution in [1.82, 2.24) is 9.99 Å². The van der Waals surface area contributed by atoms with Crippen molar-refractivity contribution in [2.45, 2.75) is 25.7 Å². The van der Waals surface area contributed by atoms with Crippen LogP contribution in [0.4, 0.5) is 0 Å². The van der Waals surface area contributed by atoms with Crippen LogP contribution >= 0.6 is 0 Å². The number of pyridine rings is 1. The van der Waals surface area contributed by atoms with Gasteiger partial charge in [0.15, 0.2) is 0 Å². The molecule has 0 radical (unpaired) electrons. The molecule has 0 saturated carbocycles. The molecule has 100 valence electrons. The molecular formula is C13H23N5. The van der Waals surface area contributed by atoms with E-state index in [1.54, 1.807) is 23.6 Å². The summed E-state index contributed by atoms with van der Waals surface area (Å²) in [4.78, 5) is 4.02. The maximum atomic E-state index is 5.93. The molecule has 0 aliphatic rings. The summed E-state index contributed by atoms with van der Waals surface area (Å²) in [6.45, 7) is 1.56. The molecule has 1 aromatic heterocycles. The zero-order chi connectivity index (χ0) is 13.2. The van der Waals surface area contributed by atoms with Crippen molar-refractivity contribution in [3.8, 4) is 0 Å². The van der Waals surface area contributed by atoms with E-state index in [-0.39, 0.29) is 0 Å². The van der Waals surface area contributed by atoms with Gasteiger partial charge >= 0.3 is 0 Å². The first-order valence-electron chi connectivity index (χ1n) is 6.33. The lowest BCUT2D eigenvalue weighted by Crippen LogP contribution is -2.27. The van der Waals surface area contributed by atoms with Crippen LogP contribution in [-0.4, -0.2) is 23.1 Å². The fourth-order valence-electron chi connectivity index (χ4n) is 1.64. The van der Waals surface area contributed by atoms with E-state index in [1.807, 2.05) is 12.1 Å². The molecule has 0 spiro atoms. The van der Waals surface area contributed by atoms with Gasteiger partial charge in [0.25, 0.3) is 0 Å². The van der Waals surface area contributed by atoms with Crippen molar-refractivity contribution in [3.63, 3.8) is 0 Å². The van der Waals surface area contributed by atoms with Gasteiger partial charge in [0.2, 0.25) is 0 Å². The molecule has 0 aliphatic heterocycles. The summed E-state index contributed by atoms with van der Waals surface area (Å²) in [6, 6.07) is 3.76. The SMILES string of the molecule is NCCCCCCN(N)/C=C(\N)c1cccnc1. The van der Waals surface area contributed by atoms with Crippen molar-refractivity contribution < 1.29 is 0 Å². The molecule has 5 heteroatoms. The standard InChI is InChI=1S/C13H23N5/c14-7-3-1-2-4-9-18(16)11-13(15)12-6-5-8-17-10-12/h5-6,8,10-11H,1-4,7,9,14-16H2/b13-11-. The van der Waals surface area contributed by atoms with Crippen LogP contribution in [0.2, 0.25) is 0 Å². The lowest BCUT2D eigenvalue weighted by molar-refractivity contribution is 0.378. The van der Waals surface area contributed by atoms with Crippen LogP contribution in [0, 0.1) is 0 Å². The largest absolute Gasteiger partial charge is 0.397 e. The average Bonchev–Trinajstić information content (AvgIpc) is 2.39. The van der Waals surface area contributed by atoms with Crippen LogP contribution in [0.15, 0.2) is 30.7 Å². The number of hydrogen-bond donors (Lipinski definition) is 3. The summed E-state index contributed by atoms with van der Waals surface area (Å²) in [5, 5.41) is 1.63. The molecule has 1 rings (SSSR count). The van der Waals surface area contributed by atoms with Gasteiger partial charge in [0, 0.05) is 30.7 Å². The van der Waals surface area contributed by atoms with Gasteiger partial charge in [-0.2, -0.15) is 0 Å². The highest BCUT2D eigenvalue weighted by atomic mass is 15.4. The van der Waals surface area contributed by atoms with E-state index in [4.69, 9.17) is 17.3 Å². The van der Waals surface area contributed by atoms with E-state index in [0.717, 1.165) is 44.3 Å². The Hall–Kier alpha value is -1.59. The van der Waals surface area contributed by atoms with E-state index in [9.17, 15) is 0 Å². The maximum absolute atomic E-state index is 5.93. The van der Waals surface area contributed by atoms with E-state index < -0.39 is 0 Å². The molecule has 0 saturated heterocycles. The molecule has 0 unspecified atom stereocenters. The van der Waals surface area contributed by atoms with Gasteiger partial charge in [-0.05, 0) is 31.5 Å². The Bertz CT molecular complexity index is 350. The topological polar surface area (TPSA) is 94.2 Å². The molecule has 1 heterocycles. The first-order valence-corrected chi connectivity index (χ1v) is 6.33. The van der Waals surface area contributed by atoms with Crippen LogP contribution in [0.1, 0.15) is 31.2 Å². The van der Waals surface area contributed by atoms with E-state index in [1.165, 1.54) is 0 Å². The maximum Gasteiger partial charge on any atom is 0.0579 e. The summed E-state index contributed by atoms with van der Waals surface area (Å²) < 4.78 is 0. The second kappa shape index (κ2) is 8.49. The second-order valence-electron chi connectivity index (χ2n) is 4.27. The number of rotatable bonds is 8. The molecule has 0 amide bonds. The molecular weight excluding hydrogens is 226 g/mol. The van der Waals surface area contributed by atoms with Gasteiger partial charge in [-0.3, -0.25) is 4.98 Å². The van der Waals surface area contributed by atoms with Crippen molar-refractivity contribution >= 4 is 5.70 Å². The number of unbranched alkanes of at least 4 members (excludes halogenated alkanes) is 3. The minimum Gasteiger partial charge on any atom is -0.397 e. The summed E-state index contributed by atoms with van der Waals surface area (Å²) >= 11 is 0. The average molecular weight is 249 g/mol. The van der Waals surface area contributed by atoms with E-state index in [0.29, 0.717) is 5.70 Å². The predicted octanol–water partition coefficient (Wildman–Crippen LogP) is 1.03. The van der Waals surface area contributed by atoms with Gasteiger partial charge in [0.05, 0.1) is 5.70 Å². The van der Waals surface area contributed by atoms with Crippen molar-refractivity contribution in [1.29, 1.82) is 0 Å². The first-order chi connectivity index (χ1) is 8.74. The minimum atomic E-state index is 0.632. The molecule has 6 N–H and O–H groups in total. The van der Waals surface area contributed by atoms with Gasteiger partial charge in [-0.1, -0.05) is 12.8 Å². The van der Waals surface area contributed by atoms with Crippen molar-refractivity contribution in [3.05, 3.63) is 36.3 Å². The highest BCUT2D eigenvalue weighted by Crippen LogP contribution is 2.07. The molecule has 0 fully saturated rings. The number of nitrogens with two attached hydrogens (primary N) is 3. The van der Waals surface area contributed by atoms with Gasteiger partial charge in [-0.15, -0.1) is 0 Å². The molecule has 18 heavy (non-hydrogen) atoms. The summed E-state index contributed by atoms with van der Waals surface area (Å²) in [5.41, 5.74) is 12.9. The molecule has 0 aromatic carbocycles. The molecule has 0 aliphatic carbocycles. The lowest BCUT2D eigenvalue weighted by Gasteiger charge is -2.14. The first kappa shape index (κ1) is 14.5. The molecule has 0 bridgehead atoms. The Morgan fingerprint density at radius 2 is 2.06 bits per heavy atom. The zero-order valence-electron chi connectivity index (χ0n) is 10.8. The number of nitrogens with zero attached hydrogens (tertiary/aromatic N) is 2. The number of aromatic nitrogens is 1. The highest BCUT2D eigenvalue weighted by Gasteiger charge is 1.99. The number of hydrogen-bond acceptors (Lipinski definition) is 5. The van der Waals surface area contributed by atoms with Gasteiger partial charge in [0.1, 0.15) is 0 Å². The highest BCUT2D eigenvalue weighted by molar-refractivity contribution is 5.60. The second-order valence-corrected chi connectivity index (χ2v) is 4.27. The van der Waals surface area contributed by atoms with Crippen molar-refractivity contribution in [2.24, 2.45) is 17.3 Å². The fraction of sp³-hybridized carbons (Fsp3) is 0.462. The fourth-order valence-corrected chi connectivity index (χ4v) is 1.64. The summed E-state index contributed by atoms with van der Waals surface area (Å²) in [6.07, 6.45) is 9.62. The molecule has 1 aromatic rings. The third-order valence-corrected chi connectivity index (χ3v) is 2.67. The Kier molecular flexibility index (Phi) is 6.83. The Morgan fingerprint density at radius 3 is 2.72 bits per heavy atom.